The van der Waals surface area contributed by atoms with Crippen LogP contribution in [0.3, 0.4) is 0 Å². The summed E-state index contributed by atoms with van der Waals surface area (Å²) in [6.07, 6.45) is 4.29. The molecule has 9 heteroatoms. The molecular formula is C16H17N5O3S. The fourth-order valence-electron chi connectivity index (χ4n) is 2.37. The van der Waals surface area contributed by atoms with Gasteiger partial charge in [0.1, 0.15) is 11.6 Å². The van der Waals surface area contributed by atoms with Gasteiger partial charge in [-0.1, -0.05) is 0 Å². The fraction of sp³-hybridized carbons (Fsp3) is 0.188. The van der Waals surface area contributed by atoms with Crippen molar-refractivity contribution in [1.82, 2.24) is 15.0 Å². The second-order valence-electron chi connectivity index (χ2n) is 5.65. The molecule has 0 atom stereocenters. The fourth-order valence-corrected chi connectivity index (χ4v) is 3.33. The molecule has 3 aromatic rings. The molecule has 2 aromatic heterocycles. The van der Waals surface area contributed by atoms with Crippen LogP contribution < -0.4 is 11.1 Å². The number of aromatic nitrogens is 3. The number of benzene rings is 1. The average Bonchev–Trinajstić information content (AvgIpc) is 2.92. The van der Waals surface area contributed by atoms with Gasteiger partial charge in [-0.3, -0.25) is 0 Å². The first kappa shape index (κ1) is 16.9. The molecule has 3 N–H and O–H groups in total. The van der Waals surface area contributed by atoms with Gasteiger partial charge in [-0.15, -0.1) is 0 Å². The van der Waals surface area contributed by atoms with E-state index in [4.69, 9.17) is 10.2 Å². The van der Waals surface area contributed by atoms with Crippen molar-refractivity contribution < 1.29 is 12.8 Å². The van der Waals surface area contributed by atoms with E-state index in [9.17, 15) is 8.42 Å². The van der Waals surface area contributed by atoms with E-state index in [1.54, 1.807) is 38.2 Å². The van der Waals surface area contributed by atoms with Crippen LogP contribution in [-0.2, 0) is 9.84 Å². The Morgan fingerprint density at radius 3 is 2.48 bits per heavy atom. The molecule has 0 saturated heterocycles. The predicted molar refractivity (Wildman–Crippen MR) is 94.2 cm³/mol. The summed E-state index contributed by atoms with van der Waals surface area (Å²) < 4.78 is 28.8. The second kappa shape index (κ2) is 6.17. The van der Waals surface area contributed by atoms with E-state index >= 15 is 0 Å². The number of hydrogen-bond acceptors (Lipinski definition) is 8. The minimum absolute atomic E-state index is 0.226. The van der Waals surface area contributed by atoms with Crippen molar-refractivity contribution in [1.29, 1.82) is 0 Å². The van der Waals surface area contributed by atoms with Crippen molar-refractivity contribution in [2.45, 2.75) is 18.7 Å². The van der Waals surface area contributed by atoms with Gasteiger partial charge in [-0.05, 0) is 37.6 Å². The number of nitrogen functional groups attached to an aromatic ring is 1. The highest BCUT2D eigenvalue weighted by Crippen LogP contribution is 2.26. The van der Waals surface area contributed by atoms with Gasteiger partial charge in [0, 0.05) is 18.1 Å². The lowest BCUT2D eigenvalue weighted by Crippen LogP contribution is -2.04. The molecule has 0 fully saturated rings. The molecule has 0 radical (unpaired) electrons. The third kappa shape index (κ3) is 3.61. The summed E-state index contributed by atoms with van der Waals surface area (Å²) in [5.74, 6) is 1.54. The zero-order chi connectivity index (χ0) is 18.2. The summed E-state index contributed by atoms with van der Waals surface area (Å²) in [6.45, 7) is 3.51. The zero-order valence-corrected chi connectivity index (χ0v) is 14.8. The van der Waals surface area contributed by atoms with Gasteiger partial charge in [0.2, 0.25) is 11.8 Å². The summed E-state index contributed by atoms with van der Waals surface area (Å²) >= 11 is 0. The first-order valence-corrected chi connectivity index (χ1v) is 9.26. The number of sulfone groups is 1. The van der Waals surface area contributed by atoms with Crippen LogP contribution in [0.5, 0.6) is 0 Å². The smallest absolute Gasteiger partial charge is 0.231 e. The summed E-state index contributed by atoms with van der Waals surface area (Å²) in [4.78, 5) is 12.8. The first-order chi connectivity index (χ1) is 11.7. The number of aryl methyl sites for hydroxylation is 2. The molecular weight excluding hydrogens is 342 g/mol. The van der Waals surface area contributed by atoms with Crippen LogP contribution in [0, 0.1) is 13.8 Å². The standard InChI is InChI=1S/C16H17N5O3S/c1-9-6-11(4-5-13(9)25(3,22)23)20-16-19-8-12(14(17)21-16)15-18-7-10(2)24-15/h4-8H,1-3H3,(H3,17,19,20,21). The lowest BCUT2D eigenvalue weighted by Gasteiger charge is -2.09. The number of oxazole rings is 1. The third-order valence-electron chi connectivity index (χ3n) is 3.50. The minimum Gasteiger partial charge on any atom is -0.441 e. The number of nitrogens with two attached hydrogens (primary N) is 1. The van der Waals surface area contributed by atoms with Crippen LogP contribution >= 0.6 is 0 Å². The maximum atomic E-state index is 11.7. The quantitative estimate of drug-likeness (QED) is 0.728. The maximum absolute atomic E-state index is 11.7. The lowest BCUT2D eigenvalue weighted by atomic mass is 10.2. The first-order valence-electron chi connectivity index (χ1n) is 7.37. The Kier molecular flexibility index (Phi) is 4.17. The monoisotopic (exact) mass is 359 g/mol. The molecule has 1 aromatic carbocycles. The Morgan fingerprint density at radius 1 is 1.16 bits per heavy atom. The SMILES string of the molecule is Cc1cnc(-c2cnc(Nc3ccc(S(C)(=O)=O)c(C)c3)nc2N)o1. The predicted octanol–water partition coefficient (Wildman–Crippen LogP) is 2.48. The van der Waals surface area contributed by atoms with Crippen molar-refractivity contribution >= 4 is 27.3 Å². The van der Waals surface area contributed by atoms with E-state index in [0.29, 0.717) is 28.5 Å². The molecule has 8 nitrogen and oxygen atoms in total. The lowest BCUT2D eigenvalue weighted by molar-refractivity contribution is 0.542. The van der Waals surface area contributed by atoms with E-state index in [1.807, 2.05) is 0 Å². The second-order valence-corrected chi connectivity index (χ2v) is 7.63. The highest BCUT2D eigenvalue weighted by molar-refractivity contribution is 7.90. The Balaban J connectivity index is 1.87. The number of anilines is 3. The van der Waals surface area contributed by atoms with E-state index < -0.39 is 9.84 Å². The summed E-state index contributed by atoms with van der Waals surface area (Å²) in [6, 6.07) is 4.90. The van der Waals surface area contributed by atoms with Crippen LogP contribution in [0.1, 0.15) is 11.3 Å². The number of nitrogens with zero attached hydrogens (tertiary/aromatic N) is 3. The van der Waals surface area contributed by atoms with E-state index in [0.717, 1.165) is 0 Å². The van der Waals surface area contributed by atoms with Crippen molar-refractivity contribution in [3.05, 3.63) is 41.9 Å². The van der Waals surface area contributed by atoms with E-state index in [1.165, 1.54) is 12.5 Å². The molecule has 0 spiro atoms. The molecule has 0 saturated carbocycles. The van der Waals surface area contributed by atoms with Gasteiger partial charge in [-0.25, -0.2) is 18.4 Å². The van der Waals surface area contributed by atoms with Crippen molar-refractivity contribution in [3.8, 4) is 11.5 Å². The van der Waals surface area contributed by atoms with Crippen LogP contribution in [0.15, 0.2) is 39.9 Å². The maximum Gasteiger partial charge on any atom is 0.231 e. The van der Waals surface area contributed by atoms with E-state index in [2.05, 4.69) is 20.3 Å². The van der Waals surface area contributed by atoms with Gasteiger partial charge >= 0.3 is 0 Å². The van der Waals surface area contributed by atoms with Crippen molar-refractivity contribution in [2.75, 3.05) is 17.3 Å². The Bertz CT molecular complexity index is 1040. The van der Waals surface area contributed by atoms with Gasteiger partial charge in [-0.2, -0.15) is 4.98 Å². The molecule has 130 valence electrons. The molecule has 0 aliphatic heterocycles. The minimum atomic E-state index is -3.26. The number of hydrogen-bond donors (Lipinski definition) is 2. The molecule has 2 heterocycles. The molecule has 0 amide bonds. The van der Waals surface area contributed by atoms with Crippen molar-refractivity contribution in [3.63, 3.8) is 0 Å². The molecule has 0 unspecified atom stereocenters. The third-order valence-corrected chi connectivity index (χ3v) is 4.76. The highest BCUT2D eigenvalue weighted by atomic mass is 32.2. The van der Waals surface area contributed by atoms with Gasteiger partial charge in [0.15, 0.2) is 9.84 Å². The normalized spacial score (nSPS) is 11.5. The number of rotatable bonds is 4. The van der Waals surface area contributed by atoms with Gasteiger partial charge < -0.3 is 15.5 Å². The summed E-state index contributed by atoms with van der Waals surface area (Å²) in [5.41, 5.74) is 7.75. The van der Waals surface area contributed by atoms with E-state index in [-0.39, 0.29) is 16.7 Å². The molecule has 3 rings (SSSR count). The Morgan fingerprint density at radius 2 is 1.92 bits per heavy atom. The largest absolute Gasteiger partial charge is 0.441 e. The van der Waals surface area contributed by atoms with Crippen LogP contribution in [0.2, 0.25) is 0 Å². The summed E-state index contributed by atoms with van der Waals surface area (Å²) in [5, 5.41) is 3.00. The molecule has 25 heavy (non-hydrogen) atoms. The molecule has 0 aliphatic carbocycles. The highest BCUT2D eigenvalue weighted by Gasteiger charge is 2.13. The average molecular weight is 359 g/mol. The summed E-state index contributed by atoms with van der Waals surface area (Å²) in [7, 11) is -3.26. The molecule has 0 bridgehead atoms. The Hall–Kier alpha value is -2.94. The van der Waals surface area contributed by atoms with Gasteiger partial charge in [0.25, 0.3) is 0 Å². The van der Waals surface area contributed by atoms with Crippen LogP contribution in [0.4, 0.5) is 17.5 Å². The van der Waals surface area contributed by atoms with Crippen LogP contribution in [-0.4, -0.2) is 29.6 Å². The zero-order valence-electron chi connectivity index (χ0n) is 13.9. The van der Waals surface area contributed by atoms with Crippen molar-refractivity contribution in [2.24, 2.45) is 0 Å². The van der Waals surface area contributed by atoms with Crippen LogP contribution in [0.25, 0.3) is 11.5 Å². The number of nitrogens with one attached hydrogen (secondary N) is 1. The Labute approximate surface area is 145 Å². The molecule has 0 aliphatic rings. The topological polar surface area (TPSA) is 124 Å². The van der Waals surface area contributed by atoms with Gasteiger partial charge in [0.05, 0.1) is 16.7 Å².